The largest absolute Gasteiger partial charge is 0.508 e. The van der Waals surface area contributed by atoms with Gasteiger partial charge in [-0.3, -0.25) is 4.79 Å². The van der Waals surface area contributed by atoms with E-state index in [0.717, 1.165) is 24.3 Å². The molecule has 2 aromatic rings. The van der Waals surface area contributed by atoms with Crippen molar-refractivity contribution in [1.82, 2.24) is 0 Å². The first-order valence-corrected chi connectivity index (χ1v) is 6.15. The van der Waals surface area contributed by atoms with Crippen LogP contribution in [0.5, 0.6) is 11.5 Å². The molecule has 104 valence electrons. The number of hydrogen-bond acceptors (Lipinski definition) is 3. The van der Waals surface area contributed by atoms with Gasteiger partial charge in [0, 0.05) is 17.7 Å². The minimum absolute atomic E-state index is 0.00652. The zero-order chi connectivity index (χ0) is 14.9. The maximum absolute atomic E-state index is 13.5. The van der Waals surface area contributed by atoms with Gasteiger partial charge in [0.2, 0.25) is 0 Å². The monoisotopic (exact) mass is 343 g/mol. The second kappa shape index (κ2) is 5.46. The third-order valence-corrected chi connectivity index (χ3v) is 3.03. The van der Waals surface area contributed by atoms with Crippen molar-refractivity contribution in [2.45, 2.75) is 0 Å². The summed E-state index contributed by atoms with van der Waals surface area (Å²) in [6.45, 7) is 0. The van der Waals surface area contributed by atoms with Gasteiger partial charge in [0.1, 0.15) is 23.1 Å². The van der Waals surface area contributed by atoms with Crippen LogP contribution in [0.15, 0.2) is 34.8 Å². The summed E-state index contributed by atoms with van der Waals surface area (Å²) >= 11 is 2.88. The van der Waals surface area contributed by atoms with Crippen molar-refractivity contribution in [3.8, 4) is 11.5 Å². The van der Waals surface area contributed by atoms with Crippen molar-refractivity contribution in [2.75, 3.05) is 5.32 Å². The van der Waals surface area contributed by atoms with Crippen molar-refractivity contribution < 1.29 is 23.8 Å². The SMILES string of the molecule is O=C(Nc1cc(Br)c(F)cc1F)c1cc(O)cc(O)c1. The zero-order valence-corrected chi connectivity index (χ0v) is 11.4. The lowest BCUT2D eigenvalue weighted by molar-refractivity contribution is 0.102. The fourth-order valence-corrected chi connectivity index (χ4v) is 1.88. The summed E-state index contributed by atoms with van der Waals surface area (Å²) in [5, 5.41) is 20.8. The molecule has 0 aliphatic heterocycles. The summed E-state index contributed by atoms with van der Waals surface area (Å²) in [4.78, 5) is 11.9. The number of halogens is 3. The van der Waals surface area contributed by atoms with E-state index in [1.54, 1.807) is 0 Å². The van der Waals surface area contributed by atoms with Gasteiger partial charge >= 0.3 is 0 Å². The Morgan fingerprint density at radius 1 is 1.00 bits per heavy atom. The van der Waals surface area contributed by atoms with Gasteiger partial charge in [0.25, 0.3) is 5.91 Å². The van der Waals surface area contributed by atoms with Crippen LogP contribution < -0.4 is 5.32 Å². The predicted octanol–water partition coefficient (Wildman–Crippen LogP) is 3.39. The molecule has 0 fully saturated rings. The predicted molar refractivity (Wildman–Crippen MR) is 71.8 cm³/mol. The number of aromatic hydroxyl groups is 2. The molecule has 0 bridgehead atoms. The van der Waals surface area contributed by atoms with E-state index in [-0.39, 0.29) is 27.2 Å². The van der Waals surface area contributed by atoms with E-state index in [9.17, 15) is 23.8 Å². The Kier molecular flexibility index (Phi) is 3.89. The standard InChI is InChI=1S/C13H8BrF2NO3/c14-9-4-12(11(16)5-10(9)15)17-13(20)6-1-7(18)3-8(19)2-6/h1-5,18-19H,(H,17,20). The Morgan fingerprint density at radius 2 is 1.60 bits per heavy atom. The molecule has 0 heterocycles. The summed E-state index contributed by atoms with van der Waals surface area (Å²) in [5.41, 5.74) is -0.298. The fourth-order valence-electron chi connectivity index (χ4n) is 1.54. The lowest BCUT2D eigenvalue weighted by atomic mass is 10.2. The molecule has 7 heteroatoms. The quantitative estimate of drug-likeness (QED) is 0.732. The molecule has 0 unspecified atom stereocenters. The molecular formula is C13H8BrF2NO3. The van der Waals surface area contributed by atoms with Crippen LogP contribution in [0.2, 0.25) is 0 Å². The fraction of sp³-hybridized carbons (Fsp3) is 0. The lowest BCUT2D eigenvalue weighted by Gasteiger charge is -2.08. The Hall–Kier alpha value is -2.15. The van der Waals surface area contributed by atoms with E-state index in [4.69, 9.17) is 0 Å². The first-order chi connectivity index (χ1) is 9.36. The van der Waals surface area contributed by atoms with Crippen LogP contribution in [0.1, 0.15) is 10.4 Å². The number of anilines is 1. The zero-order valence-electron chi connectivity index (χ0n) is 9.82. The summed E-state index contributed by atoms with van der Waals surface area (Å²) in [7, 11) is 0. The van der Waals surface area contributed by atoms with Gasteiger partial charge in [-0.05, 0) is 34.1 Å². The molecule has 0 saturated heterocycles. The van der Waals surface area contributed by atoms with Crippen molar-refractivity contribution in [2.24, 2.45) is 0 Å². The average Bonchev–Trinajstić information content (AvgIpc) is 2.34. The molecular weight excluding hydrogens is 336 g/mol. The third-order valence-electron chi connectivity index (χ3n) is 2.42. The molecule has 0 atom stereocenters. The number of benzene rings is 2. The van der Waals surface area contributed by atoms with Gasteiger partial charge in [0.15, 0.2) is 0 Å². The summed E-state index contributed by atoms with van der Waals surface area (Å²) in [5.74, 6) is -3.11. The van der Waals surface area contributed by atoms with Crippen molar-refractivity contribution >= 4 is 27.5 Å². The molecule has 3 N–H and O–H groups in total. The molecule has 0 aliphatic carbocycles. The molecule has 0 radical (unpaired) electrons. The van der Waals surface area contributed by atoms with Crippen LogP contribution >= 0.6 is 15.9 Å². The molecule has 20 heavy (non-hydrogen) atoms. The van der Waals surface area contributed by atoms with Gasteiger partial charge in [0.05, 0.1) is 10.2 Å². The number of carbonyl (C=O) groups is 1. The van der Waals surface area contributed by atoms with Gasteiger partial charge in [-0.25, -0.2) is 8.78 Å². The van der Waals surface area contributed by atoms with Crippen LogP contribution in [0.3, 0.4) is 0 Å². The number of nitrogens with one attached hydrogen (secondary N) is 1. The van der Waals surface area contributed by atoms with Crippen molar-refractivity contribution in [3.05, 3.63) is 52.0 Å². The molecule has 0 spiro atoms. The van der Waals surface area contributed by atoms with Crippen LogP contribution in [0.25, 0.3) is 0 Å². The van der Waals surface area contributed by atoms with Gasteiger partial charge < -0.3 is 15.5 Å². The Balaban J connectivity index is 2.30. The number of phenols is 2. The lowest BCUT2D eigenvalue weighted by Crippen LogP contribution is -2.13. The number of amides is 1. The minimum atomic E-state index is -0.941. The highest BCUT2D eigenvalue weighted by Crippen LogP contribution is 2.25. The molecule has 0 aromatic heterocycles. The molecule has 1 amide bonds. The first kappa shape index (κ1) is 14.3. The Labute approximate surface area is 120 Å². The maximum Gasteiger partial charge on any atom is 0.256 e. The number of hydrogen-bond donors (Lipinski definition) is 3. The highest BCUT2D eigenvalue weighted by molar-refractivity contribution is 9.10. The Bertz CT molecular complexity index is 671. The van der Waals surface area contributed by atoms with E-state index in [1.165, 1.54) is 0 Å². The smallest absolute Gasteiger partial charge is 0.256 e. The summed E-state index contributed by atoms with van der Waals surface area (Å²) in [6, 6.07) is 4.95. The minimum Gasteiger partial charge on any atom is -0.508 e. The van der Waals surface area contributed by atoms with Crippen molar-refractivity contribution in [3.63, 3.8) is 0 Å². The van der Waals surface area contributed by atoms with Gasteiger partial charge in [-0.15, -0.1) is 0 Å². The summed E-state index contributed by atoms with van der Waals surface area (Å²) in [6.07, 6.45) is 0. The van der Waals surface area contributed by atoms with E-state index in [0.29, 0.717) is 6.07 Å². The van der Waals surface area contributed by atoms with Crippen molar-refractivity contribution in [1.29, 1.82) is 0 Å². The van der Waals surface area contributed by atoms with E-state index >= 15 is 0 Å². The number of carbonyl (C=O) groups excluding carboxylic acids is 1. The second-order valence-corrected chi connectivity index (χ2v) is 4.79. The second-order valence-electron chi connectivity index (χ2n) is 3.94. The van der Waals surface area contributed by atoms with Crippen LogP contribution in [0, 0.1) is 11.6 Å². The number of rotatable bonds is 2. The van der Waals surface area contributed by atoms with Gasteiger partial charge in [-0.1, -0.05) is 0 Å². The molecule has 4 nitrogen and oxygen atoms in total. The van der Waals surface area contributed by atoms with Crippen LogP contribution in [-0.2, 0) is 0 Å². The Morgan fingerprint density at radius 3 is 2.20 bits per heavy atom. The van der Waals surface area contributed by atoms with E-state index in [2.05, 4.69) is 21.2 Å². The maximum atomic E-state index is 13.5. The molecule has 0 aliphatic rings. The third kappa shape index (κ3) is 3.05. The first-order valence-electron chi connectivity index (χ1n) is 5.36. The summed E-state index contributed by atoms with van der Waals surface area (Å²) < 4.78 is 26.5. The average molecular weight is 344 g/mol. The number of phenolic OH excluding ortho intramolecular Hbond substituents is 2. The highest BCUT2D eigenvalue weighted by atomic mass is 79.9. The van der Waals surface area contributed by atoms with Crippen LogP contribution in [0.4, 0.5) is 14.5 Å². The topological polar surface area (TPSA) is 69.6 Å². The molecule has 2 aromatic carbocycles. The van der Waals surface area contributed by atoms with E-state index < -0.39 is 17.5 Å². The molecule has 2 rings (SSSR count). The molecule has 0 saturated carbocycles. The van der Waals surface area contributed by atoms with Crippen LogP contribution in [-0.4, -0.2) is 16.1 Å². The highest BCUT2D eigenvalue weighted by Gasteiger charge is 2.13. The van der Waals surface area contributed by atoms with E-state index in [1.807, 2.05) is 0 Å². The normalized spacial score (nSPS) is 10.3. The van der Waals surface area contributed by atoms with Gasteiger partial charge in [-0.2, -0.15) is 0 Å².